The summed E-state index contributed by atoms with van der Waals surface area (Å²) in [5.74, 6) is 0.758. The lowest BCUT2D eigenvalue weighted by Crippen LogP contribution is -2.51. The van der Waals surface area contributed by atoms with E-state index in [9.17, 15) is 14.4 Å². The minimum absolute atomic E-state index is 0.104. The molecule has 0 N–H and O–H groups in total. The molecular formula is C22H27N3O5. The molecule has 3 amide bonds. The Morgan fingerprint density at radius 3 is 2.30 bits per heavy atom. The Morgan fingerprint density at radius 1 is 0.933 bits per heavy atom. The summed E-state index contributed by atoms with van der Waals surface area (Å²) >= 11 is 0. The molecule has 3 aliphatic heterocycles. The highest BCUT2D eigenvalue weighted by Crippen LogP contribution is 2.38. The molecule has 1 aliphatic carbocycles. The number of fused-ring (bicyclic) bond motifs is 2. The number of piperazine rings is 1. The first-order valence-corrected chi connectivity index (χ1v) is 10.8. The van der Waals surface area contributed by atoms with Crippen LogP contribution in [-0.4, -0.2) is 71.9 Å². The largest absolute Gasteiger partial charge is 0.454 e. The summed E-state index contributed by atoms with van der Waals surface area (Å²) in [6.07, 6.45) is 3.54. The third kappa shape index (κ3) is 3.53. The Kier molecular flexibility index (Phi) is 5.10. The SMILES string of the molecule is O=C(CN1C(=O)C2CCCCC2C1=O)N1CCN(Cc2ccc3c(c2)OCO3)CC1. The molecule has 160 valence electrons. The van der Waals surface area contributed by atoms with Crippen LogP contribution in [0.5, 0.6) is 11.5 Å². The summed E-state index contributed by atoms with van der Waals surface area (Å²) in [7, 11) is 0. The molecule has 0 spiro atoms. The van der Waals surface area contributed by atoms with E-state index in [0.717, 1.165) is 62.4 Å². The molecule has 5 rings (SSSR count). The smallest absolute Gasteiger partial charge is 0.242 e. The minimum Gasteiger partial charge on any atom is -0.454 e. The fourth-order valence-electron chi connectivity index (χ4n) is 5.07. The Bertz CT molecular complexity index is 840. The van der Waals surface area contributed by atoms with Gasteiger partial charge in [0.15, 0.2) is 11.5 Å². The van der Waals surface area contributed by atoms with Crippen LogP contribution in [0.2, 0.25) is 0 Å². The van der Waals surface area contributed by atoms with E-state index in [4.69, 9.17) is 9.47 Å². The van der Waals surface area contributed by atoms with Crippen LogP contribution in [0.25, 0.3) is 0 Å². The van der Waals surface area contributed by atoms with Crippen LogP contribution < -0.4 is 9.47 Å². The highest BCUT2D eigenvalue weighted by molar-refractivity contribution is 6.07. The van der Waals surface area contributed by atoms with Crippen molar-refractivity contribution in [1.29, 1.82) is 0 Å². The molecule has 0 bridgehead atoms. The van der Waals surface area contributed by atoms with Crippen LogP contribution in [0.15, 0.2) is 18.2 Å². The van der Waals surface area contributed by atoms with Gasteiger partial charge in [-0.1, -0.05) is 18.9 Å². The van der Waals surface area contributed by atoms with Gasteiger partial charge in [0.2, 0.25) is 24.5 Å². The Labute approximate surface area is 175 Å². The average Bonchev–Trinajstić information content (AvgIpc) is 3.33. The lowest BCUT2D eigenvalue weighted by Gasteiger charge is -2.35. The second-order valence-electron chi connectivity index (χ2n) is 8.60. The predicted octanol–water partition coefficient (Wildman–Crippen LogP) is 1.23. The Morgan fingerprint density at radius 2 is 1.60 bits per heavy atom. The highest BCUT2D eigenvalue weighted by atomic mass is 16.7. The van der Waals surface area contributed by atoms with Gasteiger partial charge in [-0.25, -0.2) is 0 Å². The predicted molar refractivity (Wildman–Crippen MR) is 107 cm³/mol. The molecule has 8 nitrogen and oxygen atoms in total. The summed E-state index contributed by atoms with van der Waals surface area (Å²) in [6, 6.07) is 5.97. The molecule has 2 saturated heterocycles. The van der Waals surface area contributed by atoms with E-state index in [2.05, 4.69) is 4.90 Å². The van der Waals surface area contributed by atoms with E-state index in [1.165, 1.54) is 4.90 Å². The van der Waals surface area contributed by atoms with E-state index in [1.54, 1.807) is 4.90 Å². The maximum absolute atomic E-state index is 12.8. The quantitative estimate of drug-likeness (QED) is 0.691. The van der Waals surface area contributed by atoms with Crippen molar-refractivity contribution < 1.29 is 23.9 Å². The number of benzene rings is 1. The molecule has 1 aromatic rings. The number of hydrogen-bond acceptors (Lipinski definition) is 6. The Balaban J connectivity index is 1.13. The van der Waals surface area contributed by atoms with E-state index in [-0.39, 0.29) is 42.9 Å². The maximum atomic E-state index is 12.8. The topological polar surface area (TPSA) is 79.4 Å². The summed E-state index contributed by atoms with van der Waals surface area (Å²) in [5.41, 5.74) is 1.15. The van der Waals surface area contributed by atoms with Gasteiger partial charge in [-0.2, -0.15) is 0 Å². The first-order chi connectivity index (χ1) is 14.6. The monoisotopic (exact) mass is 413 g/mol. The molecule has 0 radical (unpaired) electrons. The van der Waals surface area contributed by atoms with Crippen LogP contribution in [0, 0.1) is 11.8 Å². The molecule has 3 fully saturated rings. The van der Waals surface area contributed by atoms with Crippen molar-refractivity contribution in [3.05, 3.63) is 23.8 Å². The van der Waals surface area contributed by atoms with Crippen molar-refractivity contribution in [2.24, 2.45) is 11.8 Å². The summed E-state index contributed by atoms with van der Waals surface area (Å²) in [5, 5.41) is 0. The Hall–Kier alpha value is -2.61. The molecule has 1 aromatic carbocycles. The van der Waals surface area contributed by atoms with Gasteiger partial charge in [-0.3, -0.25) is 24.2 Å². The number of carbonyl (C=O) groups is 3. The fourth-order valence-corrected chi connectivity index (χ4v) is 5.07. The van der Waals surface area contributed by atoms with E-state index < -0.39 is 0 Å². The van der Waals surface area contributed by atoms with Crippen molar-refractivity contribution in [3.8, 4) is 11.5 Å². The van der Waals surface area contributed by atoms with Crippen LogP contribution in [0.3, 0.4) is 0 Å². The molecule has 8 heteroatoms. The maximum Gasteiger partial charge on any atom is 0.242 e. The molecule has 3 heterocycles. The van der Waals surface area contributed by atoms with Crippen LogP contribution in [0.4, 0.5) is 0 Å². The molecule has 0 aromatic heterocycles. The number of ether oxygens (including phenoxy) is 2. The van der Waals surface area contributed by atoms with E-state index in [0.29, 0.717) is 13.1 Å². The lowest BCUT2D eigenvalue weighted by atomic mass is 9.81. The van der Waals surface area contributed by atoms with Gasteiger partial charge < -0.3 is 14.4 Å². The first-order valence-electron chi connectivity index (χ1n) is 10.8. The van der Waals surface area contributed by atoms with E-state index in [1.807, 2.05) is 18.2 Å². The highest BCUT2D eigenvalue weighted by Gasteiger charge is 2.48. The molecular weight excluding hydrogens is 386 g/mol. The van der Waals surface area contributed by atoms with Crippen molar-refractivity contribution in [3.63, 3.8) is 0 Å². The molecule has 1 saturated carbocycles. The number of imide groups is 1. The number of hydrogen-bond donors (Lipinski definition) is 0. The molecule has 4 aliphatic rings. The van der Waals surface area contributed by atoms with Gasteiger partial charge in [0.05, 0.1) is 11.8 Å². The number of nitrogens with zero attached hydrogens (tertiary/aromatic N) is 3. The zero-order valence-electron chi connectivity index (χ0n) is 17.0. The average molecular weight is 413 g/mol. The second-order valence-corrected chi connectivity index (χ2v) is 8.60. The third-order valence-corrected chi connectivity index (χ3v) is 6.79. The zero-order chi connectivity index (χ0) is 20.7. The lowest BCUT2D eigenvalue weighted by molar-refractivity contribution is -0.147. The van der Waals surface area contributed by atoms with Crippen molar-refractivity contribution in [2.45, 2.75) is 32.2 Å². The van der Waals surface area contributed by atoms with Gasteiger partial charge in [0.25, 0.3) is 0 Å². The summed E-state index contributed by atoms with van der Waals surface area (Å²) in [6.45, 7) is 3.67. The fraction of sp³-hybridized carbons (Fsp3) is 0.591. The number of rotatable bonds is 4. The normalized spacial score (nSPS) is 26.3. The van der Waals surface area contributed by atoms with Crippen molar-refractivity contribution in [2.75, 3.05) is 39.5 Å². The number of amides is 3. The second kappa shape index (κ2) is 7.91. The molecule has 2 atom stereocenters. The van der Waals surface area contributed by atoms with Crippen molar-refractivity contribution in [1.82, 2.24) is 14.7 Å². The summed E-state index contributed by atoms with van der Waals surface area (Å²) < 4.78 is 10.8. The molecule has 30 heavy (non-hydrogen) atoms. The minimum atomic E-state index is -0.197. The van der Waals surface area contributed by atoms with Gasteiger partial charge in [0, 0.05) is 32.7 Å². The van der Waals surface area contributed by atoms with Gasteiger partial charge in [-0.05, 0) is 30.5 Å². The molecule has 2 unspecified atom stereocenters. The van der Waals surface area contributed by atoms with Gasteiger partial charge >= 0.3 is 0 Å². The van der Waals surface area contributed by atoms with E-state index >= 15 is 0 Å². The third-order valence-electron chi connectivity index (χ3n) is 6.79. The standard InChI is InChI=1S/C22H27N3O5/c26-20(13-25-21(27)16-3-1-2-4-17(16)22(25)28)24-9-7-23(8-10-24)12-15-5-6-18-19(11-15)30-14-29-18/h5-6,11,16-17H,1-4,7-10,12-14H2. The van der Waals surface area contributed by atoms with Crippen LogP contribution in [-0.2, 0) is 20.9 Å². The van der Waals surface area contributed by atoms with Crippen LogP contribution >= 0.6 is 0 Å². The zero-order valence-corrected chi connectivity index (χ0v) is 17.0. The number of carbonyl (C=O) groups excluding carboxylic acids is 3. The van der Waals surface area contributed by atoms with Crippen LogP contribution in [0.1, 0.15) is 31.2 Å². The summed E-state index contributed by atoms with van der Waals surface area (Å²) in [4.78, 5) is 43.3. The van der Waals surface area contributed by atoms with Crippen molar-refractivity contribution >= 4 is 17.7 Å². The van der Waals surface area contributed by atoms with Gasteiger partial charge in [0.1, 0.15) is 6.54 Å². The number of likely N-dealkylation sites (tertiary alicyclic amines) is 1. The van der Waals surface area contributed by atoms with Gasteiger partial charge in [-0.15, -0.1) is 0 Å². The first kappa shape index (κ1) is 19.4.